The second kappa shape index (κ2) is 7.42. The number of hydrogen-bond donors (Lipinski definition) is 1. The molecule has 1 aromatic carbocycles. The number of aliphatic hydroxyl groups is 1. The first-order valence-corrected chi connectivity index (χ1v) is 8.52. The Morgan fingerprint density at radius 1 is 1.29 bits per heavy atom. The summed E-state index contributed by atoms with van der Waals surface area (Å²) in [6, 6.07) is 8.45. The topological polar surface area (TPSA) is 29.5 Å². The number of aliphatic hydroxyl groups excluding tert-OH is 1. The van der Waals surface area contributed by atoms with Crippen molar-refractivity contribution in [2.24, 2.45) is 5.92 Å². The molecule has 0 aromatic heterocycles. The van der Waals surface area contributed by atoms with E-state index in [1.165, 1.54) is 12.0 Å². The Balaban J connectivity index is 2.19. The predicted molar refractivity (Wildman–Crippen MR) is 87.4 cm³/mol. The van der Waals surface area contributed by atoms with Gasteiger partial charge in [0.05, 0.1) is 5.60 Å². The van der Waals surface area contributed by atoms with E-state index in [4.69, 9.17) is 4.74 Å². The molecule has 0 heterocycles. The predicted octanol–water partition coefficient (Wildman–Crippen LogP) is 4.66. The summed E-state index contributed by atoms with van der Waals surface area (Å²) in [6.07, 6.45) is 6.05. The van der Waals surface area contributed by atoms with Gasteiger partial charge >= 0.3 is 0 Å². The van der Waals surface area contributed by atoms with Crippen LogP contribution in [0, 0.1) is 5.92 Å². The van der Waals surface area contributed by atoms with Crippen LogP contribution in [0.25, 0.3) is 0 Å². The summed E-state index contributed by atoms with van der Waals surface area (Å²) >= 11 is 0. The van der Waals surface area contributed by atoms with Crippen LogP contribution in [0.5, 0.6) is 0 Å². The second-order valence-corrected chi connectivity index (χ2v) is 6.59. The minimum Gasteiger partial charge on any atom is -0.385 e. The molecule has 21 heavy (non-hydrogen) atoms. The fourth-order valence-electron chi connectivity index (χ4n) is 3.75. The zero-order chi connectivity index (χ0) is 15.3. The minimum absolute atomic E-state index is 0.390. The number of ether oxygens (including phenoxy) is 1. The summed E-state index contributed by atoms with van der Waals surface area (Å²) in [5.41, 5.74) is 1.95. The Kier molecular flexibility index (Phi) is 5.83. The molecule has 2 rings (SSSR count). The average Bonchev–Trinajstić information content (AvgIpc) is 2.48. The van der Waals surface area contributed by atoms with E-state index in [0.717, 1.165) is 37.7 Å². The summed E-state index contributed by atoms with van der Waals surface area (Å²) in [7, 11) is 0. The van der Waals surface area contributed by atoms with Gasteiger partial charge in [-0.2, -0.15) is 0 Å². The van der Waals surface area contributed by atoms with E-state index in [0.29, 0.717) is 12.5 Å². The summed E-state index contributed by atoms with van der Waals surface area (Å²) in [5.74, 6) is 0.624. The van der Waals surface area contributed by atoms with Crippen LogP contribution in [0.3, 0.4) is 0 Å². The van der Waals surface area contributed by atoms with E-state index in [2.05, 4.69) is 38.1 Å². The SMILES string of the molecule is CCCc1ccc(C(O)C2(OCC)CCCC(C)C2)cc1. The van der Waals surface area contributed by atoms with Crippen molar-refractivity contribution in [2.75, 3.05) is 6.61 Å². The molecular formula is C19H30O2. The van der Waals surface area contributed by atoms with Gasteiger partial charge in [-0.15, -0.1) is 0 Å². The maximum Gasteiger partial charge on any atom is 0.108 e. The molecule has 0 radical (unpaired) electrons. The van der Waals surface area contributed by atoms with Gasteiger partial charge in [-0.25, -0.2) is 0 Å². The van der Waals surface area contributed by atoms with Gasteiger partial charge in [-0.05, 0) is 43.2 Å². The third-order valence-electron chi connectivity index (χ3n) is 4.76. The fraction of sp³-hybridized carbons (Fsp3) is 0.684. The maximum atomic E-state index is 10.9. The van der Waals surface area contributed by atoms with Gasteiger partial charge in [-0.3, -0.25) is 0 Å². The van der Waals surface area contributed by atoms with Gasteiger partial charge in [0.1, 0.15) is 6.10 Å². The van der Waals surface area contributed by atoms with E-state index in [1.54, 1.807) is 0 Å². The lowest BCUT2D eigenvalue weighted by molar-refractivity contribution is -0.150. The first kappa shape index (κ1) is 16.5. The molecule has 0 spiro atoms. The Morgan fingerprint density at radius 2 is 2.00 bits per heavy atom. The molecule has 1 aliphatic rings. The molecule has 1 saturated carbocycles. The standard InChI is InChI=1S/C19H30O2/c1-4-7-16-9-11-17(12-10-16)18(20)19(21-5-2)13-6-8-15(3)14-19/h9-12,15,18,20H,4-8,13-14H2,1-3H3. The van der Waals surface area contributed by atoms with Gasteiger partial charge in [0.2, 0.25) is 0 Å². The summed E-state index contributed by atoms with van der Waals surface area (Å²) in [5, 5.41) is 10.9. The monoisotopic (exact) mass is 290 g/mol. The average molecular weight is 290 g/mol. The van der Waals surface area contributed by atoms with E-state index >= 15 is 0 Å². The van der Waals surface area contributed by atoms with Crippen molar-refractivity contribution in [2.45, 2.75) is 71.0 Å². The lowest BCUT2D eigenvalue weighted by Crippen LogP contribution is -2.43. The maximum absolute atomic E-state index is 10.9. The van der Waals surface area contributed by atoms with Crippen LogP contribution < -0.4 is 0 Å². The second-order valence-electron chi connectivity index (χ2n) is 6.59. The summed E-state index contributed by atoms with van der Waals surface area (Å²) in [4.78, 5) is 0. The lowest BCUT2D eigenvalue weighted by atomic mass is 9.74. The minimum atomic E-state index is -0.518. The fourth-order valence-corrected chi connectivity index (χ4v) is 3.75. The highest BCUT2D eigenvalue weighted by Gasteiger charge is 2.42. The van der Waals surface area contributed by atoms with Gasteiger partial charge in [0.15, 0.2) is 0 Å². The number of rotatable bonds is 6. The van der Waals surface area contributed by atoms with Gasteiger partial charge < -0.3 is 9.84 Å². The summed E-state index contributed by atoms with van der Waals surface area (Å²) in [6.45, 7) is 7.15. The van der Waals surface area contributed by atoms with Crippen molar-refractivity contribution in [3.8, 4) is 0 Å². The molecule has 0 saturated heterocycles. The molecule has 0 bridgehead atoms. The lowest BCUT2D eigenvalue weighted by Gasteiger charge is -2.43. The Morgan fingerprint density at radius 3 is 2.57 bits per heavy atom. The van der Waals surface area contributed by atoms with E-state index in [-0.39, 0.29) is 0 Å². The first-order chi connectivity index (χ1) is 10.1. The van der Waals surface area contributed by atoms with Crippen molar-refractivity contribution in [1.82, 2.24) is 0 Å². The van der Waals surface area contributed by atoms with Crippen LogP contribution >= 0.6 is 0 Å². The van der Waals surface area contributed by atoms with Crippen LogP contribution in [-0.2, 0) is 11.2 Å². The Hall–Kier alpha value is -0.860. The zero-order valence-corrected chi connectivity index (χ0v) is 13.8. The highest BCUT2D eigenvalue weighted by molar-refractivity contribution is 5.26. The van der Waals surface area contributed by atoms with Gasteiger partial charge in [0.25, 0.3) is 0 Å². The highest BCUT2D eigenvalue weighted by atomic mass is 16.5. The van der Waals surface area contributed by atoms with Crippen LogP contribution in [0.15, 0.2) is 24.3 Å². The molecular weight excluding hydrogens is 260 g/mol. The smallest absolute Gasteiger partial charge is 0.108 e. The number of aryl methyl sites for hydroxylation is 1. The molecule has 2 nitrogen and oxygen atoms in total. The Bertz CT molecular complexity index is 422. The van der Waals surface area contributed by atoms with Crippen LogP contribution in [0.4, 0.5) is 0 Å². The van der Waals surface area contributed by atoms with E-state index in [9.17, 15) is 5.11 Å². The third-order valence-corrected chi connectivity index (χ3v) is 4.76. The van der Waals surface area contributed by atoms with Crippen molar-refractivity contribution in [1.29, 1.82) is 0 Å². The van der Waals surface area contributed by atoms with Crippen molar-refractivity contribution in [3.05, 3.63) is 35.4 Å². The normalized spacial score (nSPS) is 27.5. The highest BCUT2D eigenvalue weighted by Crippen LogP contribution is 2.43. The molecule has 1 aliphatic carbocycles. The van der Waals surface area contributed by atoms with Crippen LogP contribution in [0.1, 0.15) is 70.1 Å². The molecule has 1 aromatic rings. The molecule has 3 atom stereocenters. The third kappa shape index (κ3) is 3.87. The summed E-state index contributed by atoms with van der Waals surface area (Å²) < 4.78 is 6.08. The zero-order valence-electron chi connectivity index (χ0n) is 13.8. The molecule has 118 valence electrons. The molecule has 3 unspecified atom stereocenters. The van der Waals surface area contributed by atoms with Crippen LogP contribution in [-0.4, -0.2) is 17.3 Å². The molecule has 1 fully saturated rings. The van der Waals surface area contributed by atoms with E-state index < -0.39 is 11.7 Å². The Labute approximate surface area is 129 Å². The van der Waals surface area contributed by atoms with Gasteiger partial charge in [0, 0.05) is 6.61 Å². The largest absolute Gasteiger partial charge is 0.385 e. The molecule has 0 aliphatic heterocycles. The quantitative estimate of drug-likeness (QED) is 0.825. The molecule has 0 amide bonds. The van der Waals surface area contributed by atoms with Crippen molar-refractivity contribution in [3.63, 3.8) is 0 Å². The van der Waals surface area contributed by atoms with Crippen LogP contribution in [0.2, 0.25) is 0 Å². The molecule has 1 N–H and O–H groups in total. The number of hydrogen-bond acceptors (Lipinski definition) is 2. The van der Waals surface area contributed by atoms with Crippen molar-refractivity contribution >= 4 is 0 Å². The molecule has 2 heteroatoms. The first-order valence-electron chi connectivity index (χ1n) is 8.52. The van der Waals surface area contributed by atoms with E-state index in [1.807, 2.05) is 6.92 Å². The van der Waals surface area contributed by atoms with Crippen molar-refractivity contribution < 1.29 is 9.84 Å². The van der Waals surface area contributed by atoms with Gasteiger partial charge in [-0.1, -0.05) is 57.4 Å². The number of benzene rings is 1.